The van der Waals surface area contributed by atoms with Gasteiger partial charge >= 0.3 is 0 Å². The number of aromatic hydroxyl groups is 1. The standard InChI is InChI=1S/C16H14ClNO2/c1-18-9-11(16-13(18)6-4-7-14(16)19)10-20-15-8-3-2-5-12(15)17/h2-9,19H,10H2,1H3. The lowest BCUT2D eigenvalue weighted by Crippen LogP contribution is -1.95. The first-order valence-electron chi connectivity index (χ1n) is 6.30. The Hall–Kier alpha value is -2.13. The second-order valence-electron chi connectivity index (χ2n) is 4.66. The summed E-state index contributed by atoms with van der Waals surface area (Å²) in [5.74, 6) is 0.905. The van der Waals surface area contributed by atoms with E-state index in [2.05, 4.69) is 0 Å². The number of hydrogen-bond donors (Lipinski definition) is 1. The van der Waals surface area contributed by atoms with Gasteiger partial charge in [-0.3, -0.25) is 0 Å². The van der Waals surface area contributed by atoms with Crippen LogP contribution in [0.3, 0.4) is 0 Å². The van der Waals surface area contributed by atoms with Gasteiger partial charge < -0.3 is 14.4 Å². The van der Waals surface area contributed by atoms with Gasteiger partial charge in [-0.25, -0.2) is 0 Å². The molecule has 1 N–H and O–H groups in total. The lowest BCUT2D eigenvalue weighted by atomic mass is 10.1. The van der Waals surface area contributed by atoms with Gasteiger partial charge in [0, 0.05) is 24.2 Å². The Morgan fingerprint density at radius 1 is 1.15 bits per heavy atom. The average Bonchev–Trinajstić information content (AvgIpc) is 2.76. The van der Waals surface area contributed by atoms with E-state index in [1.54, 1.807) is 12.1 Å². The molecule has 20 heavy (non-hydrogen) atoms. The first kappa shape index (κ1) is 12.9. The van der Waals surface area contributed by atoms with Crippen molar-refractivity contribution in [1.82, 2.24) is 4.57 Å². The van der Waals surface area contributed by atoms with Crippen LogP contribution >= 0.6 is 11.6 Å². The zero-order valence-corrected chi connectivity index (χ0v) is 11.8. The summed E-state index contributed by atoms with van der Waals surface area (Å²) in [4.78, 5) is 0. The monoisotopic (exact) mass is 287 g/mol. The van der Waals surface area contributed by atoms with Gasteiger partial charge in [0.25, 0.3) is 0 Å². The molecule has 0 saturated carbocycles. The van der Waals surface area contributed by atoms with Crippen molar-refractivity contribution in [3.8, 4) is 11.5 Å². The van der Waals surface area contributed by atoms with Gasteiger partial charge in [-0.1, -0.05) is 29.8 Å². The molecule has 2 aromatic carbocycles. The molecule has 1 aromatic heterocycles. The number of ether oxygens (including phenoxy) is 1. The van der Waals surface area contributed by atoms with Gasteiger partial charge in [0.15, 0.2) is 0 Å². The molecule has 0 unspecified atom stereocenters. The number of rotatable bonds is 3. The fourth-order valence-corrected chi connectivity index (χ4v) is 2.54. The number of para-hydroxylation sites is 1. The van der Waals surface area contributed by atoms with E-state index < -0.39 is 0 Å². The van der Waals surface area contributed by atoms with Gasteiger partial charge in [-0.2, -0.15) is 0 Å². The molecule has 0 radical (unpaired) electrons. The zero-order chi connectivity index (χ0) is 14.1. The first-order chi connectivity index (χ1) is 9.66. The molecule has 0 saturated heterocycles. The Labute approximate surface area is 122 Å². The van der Waals surface area contributed by atoms with Crippen molar-refractivity contribution in [3.63, 3.8) is 0 Å². The van der Waals surface area contributed by atoms with Crippen LogP contribution < -0.4 is 4.74 Å². The van der Waals surface area contributed by atoms with E-state index in [9.17, 15) is 5.11 Å². The molecule has 102 valence electrons. The molecule has 0 fully saturated rings. The van der Waals surface area contributed by atoms with Gasteiger partial charge in [0.05, 0.1) is 10.5 Å². The van der Waals surface area contributed by atoms with Crippen LogP contribution in [0, 0.1) is 0 Å². The predicted octanol–water partition coefficient (Wildman–Crippen LogP) is 4.12. The highest BCUT2D eigenvalue weighted by Gasteiger charge is 2.11. The first-order valence-corrected chi connectivity index (χ1v) is 6.68. The van der Waals surface area contributed by atoms with E-state index in [1.807, 2.05) is 48.1 Å². The number of phenolic OH excluding ortho intramolecular Hbond substituents is 1. The van der Waals surface area contributed by atoms with E-state index in [1.165, 1.54) is 0 Å². The number of hydrogen-bond acceptors (Lipinski definition) is 2. The third kappa shape index (κ3) is 2.21. The Bertz CT molecular complexity index is 764. The minimum atomic E-state index is 0.265. The van der Waals surface area contributed by atoms with Crippen LogP contribution in [-0.2, 0) is 13.7 Å². The van der Waals surface area contributed by atoms with Crippen molar-refractivity contribution in [1.29, 1.82) is 0 Å². The number of phenols is 1. The number of aryl methyl sites for hydroxylation is 1. The summed E-state index contributed by atoms with van der Waals surface area (Å²) in [5, 5.41) is 11.4. The second kappa shape index (κ2) is 5.10. The van der Waals surface area contributed by atoms with Crippen molar-refractivity contribution in [2.24, 2.45) is 7.05 Å². The highest BCUT2D eigenvalue weighted by Crippen LogP contribution is 2.31. The number of nitrogens with zero attached hydrogens (tertiary/aromatic N) is 1. The van der Waals surface area contributed by atoms with Crippen molar-refractivity contribution in [3.05, 3.63) is 59.2 Å². The molecule has 0 atom stereocenters. The molecule has 3 aromatic rings. The Kier molecular flexibility index (Phi) is 3.28. The summed E-state index contributed by atoms with van der Waals surface area (Å²) in [6, 6.07) is 12.8. The fourth-order valence-electron chi connectivity index (χ4n) is 2.35. The van der Waals surface area contributed by atoms with Crippen LogP contribution in [0.25, 0.3) is 10.9 Å². The van der Waals surface area contributed by atoms with Crippen LogP contribution in [0.5, 0.6) is 11.5 Å². The molecule has 4 heteroatoms. The van der Waals surface area contributed by atoms with Crippen molar-refractivity contribution < 1.29 is 9.84 Å². The van der Waals surface area contributed by atoms with Crippen molar-refractivity contribution in [2.45, 2.75) is 6.61 Å². The van der Waals surface area contributed by atoms with Gasteiger partial charge in [0.2, 0.25) is 0 Å². The van der Waals surface area contributed by atoms with Crippen LogP contribution in [-0.4, -0.2) is 9.67 Å². The minimum Gasteiger partial charge on any atom is -0.507 e. The highest BCUT2D eigenvalue weighted by atomic mass is 35.5. The van der Waals surface area contributed by atoms with Crippen LogP contribution in [0.4, 0.5) is 0 Å². The Morgan fingerprint density at radius 2 is 1.95 bits per heavy atom. The summed E-state index contributed by atoms with van der Waals surface area (Å²) in [6.45, 7) is 0.360. The quantitative estimate of drug-likeness (QED) is 0.786. The maximum Gasteiger partial charge on any atom is 0.138 e. The molecule has 3 nitrogen and oxygen atoms in total. The smallest absolute Gasteiger partial charge is 0.138 e. The van der Waals surface area contributed by atoms with Crippen molar-refractivity contribution >= 4 is 22.5 Å². The molecule has 0 bridgehead atoms. The lowest BCUT2D eigenvalue weighted by Gasteiger charge is -2.07. The maximum atomic E-state index is 10.0. The molecule has 1 heterocycles. The third-order valence-electron chi connectivity index (χ3n) is 3.29. The predicted molar refractivity (Wildman–Crippen MR) is 80.4 cm³/mol. The molecule has 0 aliphatic carbocycles. The van der Waals surface area contributed by atoms with E-state index in [0.29, 0.717) is 17.4 Å². The Balaban J connectivity index is 1.94. The Morgan fingerprint density at radius 3 is 2.75 bits per heavy atom. The molecule has 3 rings (SSSR count). The normalized spacial score (nSPS) is 10.9. The van der Waals surface area contributed by atoms with Crippen molar-refractivity contribution in [2.75, 3.05) is 0 Å². The zero-order valence-electron chi connectivity index (χ0n) is 11.0. The van der Waals surface area contributed by atoms with Gasteiger partial charge in [-0.15, -0.1) is 0 Å². The fraction of sp³-hybridized carbons (Fsp3) is 0.125. The van der Waals surface area contributed by atoms with Crippen LogP contribution in [0.15, 0.2) is 48.7 Å². The summed E-state index contributed by atoms with van der Waals surface area (Å²) in [7, 11) is 1.95. The van der Waals surface area contributed by atoms with E-state index >= 15 is 0 Å². The summed E-state index contributed by atoms with van der Waals surface area (Å²) in [6.07, 6.45) is 1.96. The lowest BCUT2D eigenvalue weighted by molar-refractivity contribution is 0.307. The summed E-state index contributed by atoms with van der Waals surface area (Å²) >= 11 is 6.07. The average molecular weight is 288 g/mol. The molecule has 0 aliphatic heterocycles. The van der Waals surface area contributed by atoms with Crippen LogP contribution in [0.1, 0.15) is 5.56 Å². The number of halogens is 1. The topological polar surface area (TPSA) is 34.4 Å². The van der Waals surface area contributed by atoms with Gasteiger partial charge in [0.1, 0.15) is 18.1 Å². The maximum absolute atomic E-state index is 10.0. The van der Waals surface area contributed by atoms with Gasteiger partial charge in [-0.05, 0) is 24.3 Å². The second-order valence-corrected chi connectivity index (χ2v) is 5.06. The van der Waals surface area contributed by atoms with E-state index in [4.69, 9.17) is 16.3 Å². The molecular weight excluding hydrogens is 274 g/mol. The van der Waals surface area contributed by atoms with Crippen LogP contribution in [0.2, 0.25) is 5.02 Å². The number of aromatic nitrogens is 1. The van der Waals surface area contributed by atoms with E-state index in [0.717, 1.165) is 16.5 Å². The number of benzene rings is 2. The molecule has 0 amide bonds. The SMILES string of the molecule is Cn1cc(COc2ccccc2Cl)c2c(O)cccc21. The highest BCUT2D eigenvalue weighted by molar-refractivity contribution is 6.32. The third-order valence-corrected chi connectivity index (χ3v) is 3.60. The number of fused-ring (bicyclic) bond motifs is 1. The summed E-state index contributed by atoms with van der Waals surface area (Å²) < 4.78 is 7.72. The minimum absolute atomic E-state index is 0.265. The largest absolute Gasteiger partial charge is 0.507 e. The van der Waals surface area contributed by atoms with E-state index in [-0.39, 0.29) is 5.75 Å². The molecule has 0 aliphatic rings. The molecule has 0 spiro atoms. The molecular formula is C16H14ClNO2. The summed E-state index contributed by atoms with van der Waals surface area (Å²) in [5.41, 5.74) is 1.91.